The molecule has 2 aliphatic heterocycles. The van der Waals surface area contributed by atoms with Gasteiger partial charge in [-0.05, 0) is 50.7 Å². The fraction of sp³-hybridized carbons (Fsp3) is 1.00. The van der Waals surface area contributed by atoms with Gasteiger partial charge in [-0.3, -0.25) is 0 Å². The first-order valence-electron chi connectivity index (χ1n) is 8.70. The lowest BCUT2D eigenvalue weighted by Crippen LogP contribution is -2.50. The molecule has 2 atom stereocenters. The molecule has 2 unspecified atom stereocenters. The molecule has 2 fully saturated rings. The molecule has 0 aromatic heterocycles. The van der Waals surface area contributed by atoms with Crippen molar-refractivity contribution in [2.24, 2.45) is 11.3 Å². The summed E-state index contributed by atoms with van der Waals surface area (Å²) in [5.74, 6) is 0.682. The van der Waals surface area contributed by atoms with Crippen LogP contribution in [0.25, 0.3) is 0 Å². The third-order valence-corrected chi connectivity index (χ3v) is 5.54. The summed E-state index contributed by atoms with van der Waals surface area (Å²) in [6, 6.07) is 0.670. The maximum absolute atomic E-state index is 5.73. The smallest absolute Gasteiger partial charge is 0.0521 e. The molecule has 2 rings (SSSR count). The second-order valence-electron chi connectivity index (χ2n) is 7.15. The highest BCUT2D eigenvalue weighted by molar-refractivity contribution is 4.86. The highest BCUT2D eigenvalue weighted by Gasteiger charge is 2.32. The zero-order chi connectivity index (χ0) is 14.4. The standard InChI is InChI=1S/C17H34N2O/c1-4-9-18-16-6-12-20-14-15(16)13-19-10-7-17(3,5-2)8-11-19/h15-16,18H,4-14H2,1-3H3. The second kappa shape index (κ2) is 7.77. The minimum atomic E-state index is 0.597. The molecule has 0 aliphatic carbocycles. The van der Waals surface area contributed by atoms with Crippen LogP contribution in [-0.2, 0) is 4.74 Å². The molecule has 0 aromatic carbocycles. The summed E-state index contributed by atoms with van der Waals surface area (Å²) in [7, 11) is 0. The van der Waals surface area contributed by atoms with Gasteiger partial charge in [0.2, 0.25) is 0 Å². The summed E-state index contributed by atoms with van der Waals surface area (Å²) >= 11 is 0. The Morgan fingerprint density at radius 3 is 2.65 bits per heavy atom. The van der Waals surface area contributed by atoms with E-state index >= 15 is 0 Å². The molecule has 1 N–H and O–H groups in total. The van der Waals surface area contributed by atoms with Crippen LogP contribution < -0.4 is 5.32 Å². The zero-order valence-corrected chi connectivity index (χ0v) is 13.8. The van der Waals surface area contributed by atoms with Crippen molar-refractivity contribution >= 4 is 0 Å². The number of rotatable bonds is 6. The lowest BCUT2D eigenvalue weighted by Gasteiger charge is -2.42. The topological polar surface area (TPSA) is 24.5 Å². The Balaban J connectivity index is 1.79. The Labute approximate surface area is 125 Å². The first-order valence-corrected chi connectivity index (χ1v) is 8.70. The highest BCUT2D eigenvalue weighted by atomic mass is 16.5. The largest absolute Gasteiger partial charge is 0.381 e. The average Bonchev–Trinajstić information content (AvgIpc) is 2.49. The van der Waals surface area contributed by atoms with Crippen molar-refractivity contribution in [3.63, 3.8) is 0 Å². The molecule has 3 heteroatoms. The third-order valence-electron chi connectivity index (χ3n) is 5.54. The maximum atomic E-state index is 5.73. The van der Waals surface area contributed by atoms with E-state index in [0.717, 1.165) is 19.8 Å². The second-order valence-corrected chi connectivity index (χ2v) is 7.15. The Hall–Kier alpha value is -0.120. The fourth-order valence-corrected chi connectivity index (χ4v) is 3.54. The maximum Gasteiger partial charge on any atom is 0.0521 e. The lowest BCUT2D eigenvalue weighted by molar-refractivity contribution is 0.00631. The van der Waals surface area contributed by atoms with Gasteiger partial charge in [-0.1, -0.05) is 27.2 Å². The predicted molar refractivity (Wildman–Crippen MR) is 85.1 cm³/mol. The molecule has 0 radical (unpaired) electrons. The molecule has 118 valence electrons. The Kier molecular flexibility index (Phi) is 6.31. The summed E-state index contributed by atoms with van der Waals surface area (Å²) in [4.78, 5) is 2.68. The monoisotopic (exact) mass is 282 g/mol. The number of hydrogen-bond donors (Lipinski definition) is 1. The molecule has 3 nitrogen and oxygen atoms in total. The van der Waals surface area contributed by atoms with E-state index in [-0.39, 0.29) is 0 Å². The van der Waals surface area contributed by atoms with Crippen LogP contribution in [-0.4, -0.2) is 50.3 Å². The molecular formula is C17H34N2O. The number of hydrogen-bond acceptors (Lipinski definition) is 3. The van der Waals surface area contributed by atoms with Crippen molar-refractivity contribution in [1.29, 1.82) is 0 Å². The van der Waals surface area contributed by atoms with Crippen molar-refractivity contribution in [2.75, 3.05) is 39.4 Å². The normalized spacial score (nSPS) is 31.4. The van der Waals surface area contributed by atoms with Crippen molar-refractivity contribution in [3.05, 3.63) is 0 Å². The number of piperidine rings is 1. The van der Waals surface area contributed by atoms with Crippen LogP contribution in [0.1, 0.15) is 52.9 Å². The van der Waals surface area contributed by atoms with Gasteiger partial charge < -0.3 is 15.0 Å². The van der Waals surface area contributed by atoms with Gasteiger partial charge in [0.15, 0.2) is 0 Å². The lowest BCUT2D eigenvalue weighted by atomic mass is 9.78. The predicted octanol–water partition coefficient (Wildman–Crippen LogP) is 2.90. The van der Waals surface area contributed by atoms with Gasteiger partial charge in [0.05, 0.1) is 6.61 Å². The molecular weight excluding hydrogens is 248 g/mol. The molecule has 2 aliphatic rings. The first kappa shape index (κ1) is 16.3. The van der Waals surface area contributed by atoms with Gasteiger partial charge in [0, 0.05) is 25.1 Å². The van der Waals surface area contributed by atoms with Crippen LogP contribution in [0, 0.1) is 11.3 Å². The van der Waals surface area contributed by atoms with E-state index < -0.39 is 0 Å². The summed E-state index contributed by atoms with van der Waals surface area (Å²) in [6.45, 7) is 13.9. The summed E-state index contributed by atoms with van der Waals surface area (Å²) in [6.07, 6.45) is 6.47. The summed E-state index contributed by atoms with van der Waals surface area (Å²) in [5, 5.41) is 3.73. The van der Waals surface area contributed by atoms with Crippen LogP contribution in [0.2, 0.25) is 0 Å². The number of nitrogens with one attached hydrogen (secondary N) is 1. The van der Waals surface area contributed by atoms with Gasteiger partial charge in [-0.25, -0.2) is 0 Å². The SMILES string of the molecule is CCCNC1CCOCC1CN1CCC(C)(CC)CC1. The summed E-state index contributed by atoms with van der Waals surface area (Å²) in [5.41, 5.74) is 0.597. The van der Waals surface area contributed by atoms with Gasteiger partial charge >= 0.3 is 0 Å². The van der Waals surface area contributed by atoms with Crippen LogP contribution in [0.5, 0.6) is 0 Å². The Morgan fingerprint density at radius 2 is 2.00 bits per heavy atom. The van der Waals surface area contributed by atoms with E-state index in [9.17, 15) is 0 Å². The first-order chi connectivity index (χ1) is 9.67. The molecule has 0 amide bonds. The van der Waals surface area contributed by atoms with E-state index in [2.05, 4.69) is 31.0 Å². The summed E-state index contributed by atoms with van der Waals surface area (Å²) < 4.78 is 5.73. The Morgan fingerprint density at radius 1 is 1.25 bits per heavy atom. The third kappa shape index (κ3) is 4.44. The quantitative estimate of drug-likeness (QED) is 0.811. The van der Waals surface area contributed by atoms with Crippen LogP contribution in [0.3, 0.4) is 0 Å². The van der Waals surface area contributed by atoms with Gasteiger partial charge in [-0.2, -0.15) is 0 Å². The molecule has 2 heterocycles. The van der Waals surface area contributed by atoms with Crippen LogP contribution in [0.4, 0.5) is 0 Å². The van der Waals surface area contributed by atoms with E-state index in [1.54, 1.807) is 0 Å². The number of nitrogens with zero attached hydrogens (tertiary/aromatic N) is 1. The zero-order valence-electron chi connectivity index (χ0n) is 13.8. The fourth-order valence-electron chi connectivity index (χ4n) is 3.54. The van der Waals surface area contributed by atoms with Gasteiger partial charge in [0.25, 0.3) is 0 Å². The van der Waals surface area contributed by atoms with Gasteiger partial charge in [-0.15, -0.1) is 0 Å². The van der Waals surface area contributed by atoms with Crippen molar-refractivity contribution in [3.8, 4) is 0 Å². The molecule has 0 saturated carbocycles. The van der Waals surface area contributed by atoms with Crippen molar-refractivity contribution < 1.29 is 4.74 Å². The van der Waals surface area contributed by atoms with Crippen LogP contribution in [0.15, 0.2) is 0 Å². The van der Waals surface area contributed by atoms with Crippen LogP contribution >= 0.6 is 0 Å². The molecule has 20 heavy (non-hydrogen) atoms. The van der Waals surface area contributed by atoms with Crippen molar-refractivity contribution in [1.82, 2.24) is 10.2 Å². The molecule has 2 saturated heterocycles. The molecule has 0 aromatic rings. The van der Waals surface area contributed by atoms with Crippen molar-refractivity contribution in [2.45, 2.75) is 58.9 Å². The van der Waals surface area contributed by atoms with E-state index in [1.807, 2.05) is 0 Å². The highest BCUT2D eigenvalue weighted by Crippen LogP contribution is 2.34. The minimum absolute atomic E-state index is 0.597. The van der Waals surface area contributed by atoms with E-state index in [4.69, 9.17) is 4.74 Å². The van der Waals surface area contributed by atoms with E-state index in [1.165, 1.54) is 51.7 Å². The molecule has 0 spiro atoms. The average molecular weight is 282 g/mol. The van der Waals surface area contributed by atoms with Gasteiger partial charge in [0.1, 0.15) is 0 Å². The number of ether oxygens (including phenoxy) is 1. The number of likely N-dealkylation sites (tertiary alicyclic amines) is 1. The molecule has 0 bridgehead atoms. The Bertz CT molecular complexity index is 274. The van der Waals surface area contributed by atoms with E-state index in [0.29, 0.717) is 17.4 Å². The minimum Gasteiger partial charge on any atom is -0.381 e.